The Hall–Kier alpha value is -1.51. The molecule has 1 unspecified atom stereocenters. The van der Waals surface area contributed by atoms with Crippen LogP contribution in [0.25, 0.3) is 0 Å². The molecule has 0 aliphatic carbocycles. The van der Waals surface area contributed by atoms with Crippen molar-refractivity contribution in [2.45, 2.75) is 136 Å². The fourth-order valence-electron chi connectivity index (χ4n) is 4.57. The van der Waals surface area contributed by atoms with Gasteiger partial charge >= 0.3 is 5.97 Å². The van der Waals surface area contributed by atoms with Gasteiger partial charge in [0.15, 0.2) is 0 Å². The second kappa shape index (κ2) is 17.1. The summed E-state index contributed by atoms with van der Waals surface area (Å²) in [4.78, 5) is 11.4. The monoisotopic (exact) mass is 432 g/mol. The largest absolute Gasteiger partial charge is 0.507 e. The van der Waals surface area contributed by atoms with Crippen LogP contribution in [-0.4, -0.2) is 16.2 Å². The number of benzene rings is 1. The first-order chi connectivity index (χ1) is 15.0. The van der Waals surface area contributed by atoms with Gasteiger partial charge in [-0.1, -0.05) is 116 Å². The molecule has 0 heterocycles. The van der Waals surface area contributed by atoms with Crippen LogP contribution in [0.15, 0.2) is 12.1 Å². The van der Waals surface area contributed by atoms with Crippen LogP contribution < -0.4 is 0 Å². The molecule has 0 amide bonds. The molecule has 0 aliphatic heterocycles. The first-order valence-electron chi connectivity index (χ1n) is 13.0. The van der Waals surface area contributed by atoms with Crippen LogP contribution in [0.3, 0.4) is 0 Å². The number of aryl methyl sites for hydroxylation is 2. The van der Waals surface area contributed by atoms with E-state index >= 15 is 0 Å². The maximum atomic E-state index is 11.4. The Morgan fingerprint density at radius 3 is 1.74 bits per heavy atom. The van der Waals surface area contributed by atoms with Crippen LogP contribution in [0.1, 0.15) is 139 Å². The molecule has 0 radical (unpaired) electrons. The Labute approximate surface area is 191 Å². The van der Waals surface area contributed by atoms with Crippen molar-refractivity contribution < 1.29 is 15.0 Å². The maximum Gasteiger partial charge on any atom is 0.303 e. The molecule has 3 nitrogen and oxygen atoms in total. The van der Waals surface area contributed by atoms with E-state index in [1.807, 2.05) is 26.0 Å². The summed E-state index contributed by atoms with van der Waals surface area (Å²) in [7, 11) is 0. The lowest BCUT2D eigenvalue weighted by Crippen LogP contribution is -2.07. The molecule has 2 N–H and O–H groups in total. The highest BCUT2D eigenvalue weighted by Crippen LogP contribution is 2.32. The SMILES string of the molecule is CCCCCCCCCCCCCCCCC(CC(=O)O)c1cc(C)c(O)c(CC)c1. The van der Waals surface area contributed by atoms with Crippen molar-refractivity contribution in [2.75, 3.05) is 0 Å². The van der Waals surface area contributed by atoms with E-state index in [4.69, 9.17) is 0 Å². The summed E-state index contributed by atoms with van der Waals surface area (Å²) < 4.78 is 0. The first-order valence-corrected chi connectivity index (χ1v) is 13.0. The lowest BCUT2D eigenvalue weighted by atomic mass is 9.87. The van der Waals surface area contributed by atoms with Gasteiger partial charge in [0.2, 0.25) is 0 Å². The molecule has 1 rings (SSSR count). The molecule has 1 aromatic rings. The lowest BCUT2D eigenvalue weighted by Gasteiger charge is -2.18. The van der Waals surface area contributed by atoms with Gasteiger partial charge in [-0.15, -0.1) is 0 Å². The Balaban J connectivity index is 2.22. The maximum absolute atomic E-state index is 11.4. The zero-order valence-corrected chi connectivity index (χ0v) is 20.6. The Morgan fingerprint density at radius 2 is 1.29 bits per heavy atom. The number of carboxylic acids is 1. The first kappa shape index (κ1) is 27.5. The Morgan fingerprint density at radius 1 is 0.806 bits per heavy atom. The molecule has 3 heteroatoms. The highest BCUT2D eigenvalue weighted by Gasteiger charge is 2.18. The number of carboxylic acid groups (broad SMARTS) is 1. The van der Waals surface area contributed by atoms with Crippen molar-refractivity contribution in [3.63, 3.8) is 0 Å². The fraction of sp³-hybridized carbons (Fsp3) is 0.750. The van der Waals surface area contributed by atoms with Gasteiger partial charge in [-0.2, -0.15) is 0 Å². The highest BCUT2D eigenvalue weighted by molar-refractivity contribution is 5.68. The van der Waals surface area contributed by atoms with Gasteiger partial charge < -0.3 is 10.2 Å². The number of rotatable bonds is 19. The number of aliphatic carboxylic acids is 1. The summed E-state index contributed by atoms with van der Waals surface area (Å²) in [5.41, 5.74) is 2.85. The van der Waals surface area contributed by atoms with Crippen LogP contribution in [0.2, 0.25) is 0 Å². The number of phenolic OH excluding ortho intramolecular Hbond substituents is 1. The predicted octanol–water partition coefficient (Wildman–Crippen LogP) is 8.69. The molecule has 0 saturated carbocycles. The minimum atomic E-state index is -0.737. The molecule has 178 valence electrons. The number of hydrogen-bond acceptors (Lipinski definition) is 2. The third-order valence-electron chi connectivity index (χ3n) is 6.58. The van der Waals surface area contributed by atoms with E-state index in [1.165, 1.54) is 83.5 Å². The quantitative estimate of drug-likeness (QED) is 0.215. The summed E-state index contributed by atoms with van der Waals surface area (Å²) in [6.07, 6.45) is 20.5. The average Bonchev–Trinajstić information content (AvgIpc) is 2.74. The number of phenols is 1. The summed E-state index contributed by atoms with van der Waals surface area (Å²) in [6.45, 7) is 6.20. The minimum Gasteiger partial charge on any atom is -0.507 e. The van der Waals surface area contributed by atoms with Crippen LogP contribution in [-0.2, 0) is 11.2 Å². The van der Waals surface area contributed by atoms with Crippen molar-refractivity contribution in [1.82, 2.24) is 0 Å². The zero-order chi connectivity index (χ0) is 22.9. The molecule has 0 fully saturated rings. The second-order valence-corrected chi connectivity index (χ2v) is 9.38. The van der Waals surface area contributed by atoms with Gasteiger partial charge in [0.25, 0.3) is 0 Å². The standard InChI is InChI=1S/C28H48O3/c1-4-6-7-8-9-10-11-12-13-14-15-16-17-18-19-25(22-27(29)30)26-20-23(3)28(31)24(5-2)21-26/h20-21,25,31H,4-19,22H2,1-3H3,(H,29,30). The predicted molar refractivity (Wildman–Crippen MR) is 132 cm³/mol. The molecule has 31 heavy (non-hydrogen) atoms. The molecule has 0 aliphatic rings. The van der Waals surface area contributed by atoms with E-state index in [0.29, 0.717) is 5.75 Å². The van der Waals surface area contributed by atoms with Gasteiger partial charge in [0.1, 0.15) is 5.75 Å². The van der Waals surface area contributed by atoms with Gasteiger partial charge in [-0.3, -0.25) is 4.79 Å². The number of carbonyl (C=O) groups is 1. The Bertz CT molecular complexity index is 609. The number of unbranched alkanes of at least 4 members (excludes halogenated alkanes) is 13. The molecule has 1 atom stereocenters. The zero-order valence-electron chi connectivity index (χ0n) is 20.6. The van der Waals surface area contributed by atoms with Gasteiger partial charge in [-0.05, 0) is 42.4 Å². The van der Waals surface area contributed by atoms with Gasteiger partial charge in [-0.25, -0.2) is 0 Å². The summed E-state index contributed by atoms with van der Waals surface area (Å²) >= 11 is 0. The molecule has 0 bridgehead atoms. The second-order valence-electron chi connectivity index (χ2n) is 9.38. The van der Waals surface area contributed by atoms with Crippen LogP contribution in [0, 0.1) is 6.92 Å². The van der Waals surface area contributed by atoms with Gasteiger partial charge in [0.05, 0.1) is 6.42 Å². The molecule has 1 aromatic carbocycles. The van der Waals surface area contributed by atoms with Crippen molar-refractivity contribution >= 4 is 5.97 Å². The van der Waals surface area contributed by atoms with Crippen LogP contribution >= 0.6 is 0 Å². The van der Waals surface area contributed by atoms with Crippen molar-refractivity contribution in [3.05, 3.63) is 28.8 Å². The lowest BCUT2D eigenvalue weighted by molar-refractivity contribution is -0.137. The molecule has 0 saturated heterocycles. The van der Waals surface area contributed by atoms with Crippen LogP contribution in [0.5, 0.6) is 5.75 Å². The van der Waals surface area contributed by atoms with E-state index in [-0.39, 0.29) is 12.3 Å². The molecule has 0 spiro atoms. The van der Waals surface area contributed by atoms with E-state index in [1.54, 1.807) is 0 Å². The third kappa shape index (κ3) is 12.2. The summed E-state index contributed by atoms with van der Waals surface area (Å²) in [5, 5.41) is 19.5. The average molecular weight is 433 g/mol. The normalized spacial score (nSPS) is 12.2. The van der Waals surface area contributed by atoms with E-state index < -0.39 is 5.97 Å². The van der Waals surface area contributed by atoms with Crippen LogP contribution in [0.4, 0.5) is 0 Å². The Kier molecular flexibility index (Phi) is 15.2. The van der Waals surface area contributed by atoms with Crippen molar-refractivity contribution in [3.8, 4) is 5.75 Å². The molecule has 0 aromatic heterocycles. The number of hydrogen-bond donors (Lipinski definition) is 2. The summed E-state index contributed by atoms with van der Waals surface area (Å²) in [6, 6.07) is 3.99. The van der Waals surface area contributed by atoms with E-state index in [9.17, 15) is 15.0 Å². The fourth-order valence-corrected chi connectivity index (χ4v) is 4.57. The van der Waals surface area contributed by atoms with Crippen molar-refractivity contribution in [1.29, 1.82) is 0 Å². The van der Waals surface area contributed by atoms with Gasteiger partial charge in [0, 0.05) is 0 Å². The molecular formula is C28H48O3. The van der Waals surface area contributed by atoms with E-state index in [2.05, 4.69) is 6.92 Å². The number of aromatic hydroxyl groups is 1. The van der Waals surface area contributed by atoms with E-state index in [0.717, 1.165) is 36.0 Å². The highest BCUT2D eigenvalue weighted by atomic mass is 16.4. The smallest absolute Gasteiger partial charge is 0.303 e. The molecular weight excluding hydrogens is 384 g/mol. The third-order valence-corrected chi connectivity index (χ3v) is 6.58. The topological polar surface area (TPSA) is 57.5 Å². The van der Waals surface area contributed by atoms with Crippen molar-refractivity contribution in [2.24, 2.45) is 0 Å². The minimum absolute atomic E-state index is 0.0411. The summed E-state index contributed by atoms with van der Waals surface area (Å²) in [5.74, 6) is -0.338.